The van der Waals surface area contributed by atoms with Crippen LogP contribution in [0.25, 0.3) is 5.69 Å². The monoisotopic (exact) mass is 368 g/mol. The number of likely N-dealkylation sites (tertiary alicyclic amines) is 1. The van der Waals surface area contributed by atoms with Crippen molar-refractivity contribution >= 4 is 12.4 Å². The van der Waals surface area contributed by atoms with Crippen molar-refractivity contribution in [2.45, 2.75) is 12.5 Å². The number of nitrogens with zero attached hydrogens (tertiary/aromatic N) is 3. The van der Waals surface area contributed by atoms with Gasteiger partial charge in [0.15, 0.2) is 0 Å². The van der Waals surface area contributed by atoms with Crippen LogP contribution < -0.4 is 5.73 Å². The van der Waals surface area contributed by atoms with Gasteiger partial charge in [-0.2, -0.15) is 5.10 Å². The van der Waals surface area contributed by atoms with Crippen molar-refractivity contribution in [2.24, 2.45) is 11.7 Å². The zero-order valence-electron chi connectivity index (χ0n) is 14.7. The molecule has 2 heterocycles. The van der Waals surface area contributed by atoms with E-state index in [0.29, 0.717) is 11.8 Å². The summed E-state index contributed by atoms with van der Waals surface area (Å²) in [5.74, 6) is 1.05. The predicted molar refractivity (Wildman–Crippen MR) is 108 cm³/mol. The molecule has 0 radical (unpaired) electrons. The van der Waals surface area contributed by atoms with Gasteiger partial charge in [0, 0.05) is 37.9 Å². The van der Waals surface area contributed by atoms with Crippen molar-refractivity contribution in [2.75, 3.05) is 19.6 Å². The average Bonchev–Trinajstić information content (AvgIpc) is 3.32. The SMILES string of the molecule is Cl.NC[C@@H]1CN(Cc2cccc(-n3cccn3)c2)C[C@H]1c1ccccc1. The Hall–Kier alpha value is -2.14. The standard InChI is InChI=1S/C21H24N4.ClH/c22-13-19-15-24(16-21(19)18-7-2-1-3-8-18)14-17-6-4-9-20(12-17)25-11-5-10-23-25;/h1-12,19,21H,13-16,22H2;1H/t19-,21+;/m1./s1. The van der Waals surface area contributed by atoms with E-state index in [1.165, 1.54) is 11.1 Å². The maximum absolute atomic E-state index is 6.07. The van der Waals surface area contributed by atoms with E-state index < -0.39 is 0 Å². The lowest BCUT2D eigenvalue weighted by molar-refractivity contribution is 0.317. The molecular formula is C21H25ClN4. The first-order chi connectivity index (χ1) is 12.3. The first-order valence-corrected chi connectivity index (χ1v) is 8.90. The van der Waals surface area contributed by atoms with Gasteiger partial charge in [-0.3, -0.25) is 4.90 Å². The maximum atomic E-state index is 6.07. The van der Waals surface area contributed by atoms with E-state index in [0.717, 1.165) is 31.9 Å². The Kier molecular flexibility index (Phi) is 6.09. The van der Waals surface area contributed by atoms with Crippen LogP contribution in [0.5, 0.6) is 0 Å². The van der Waals surface area contributed by atoms with E-state index in [1.807, 2.05) is 23.1 Å². The Morgan fingerprint density at radius 3 is 2.58 bits per heavy atom. The van der Waals surface area contributed by atoms with Gasteiger partial charge in [-0.25, -0.2) is 4.68 Å². The Morgan fingerprint density at radius 2 is 1.85 bits per heavy atom. The van der Waals surface area contributed by atoms with E-state index in [4.69, 9.17) is 5.73 Å². The summed E-state index contributed by atoms with van der Waals surface area (Å²) in [5.41, 5.74) is 9.90. The molecule has 0 unspecified atom stereocenters. The fourth-order valence-corrected chi connectivity index (χ4v) is 3.88. The van der Waals surface area contributed by atoms with Gasteiger partial charge < -0.3 is 5.73 Å². The quantitative estimate of drug-likeness (QED) is 0.750. The molecule has 1 fully saturated rings. The van der Waals surface area contributed by atoms with Crippen LogP contribution in [0.1, 0.15) is 17.0 Å². The van der Waals surface area contributed by atoms with Gasteiger partial charge in [0.2, 0.25) is 0 Å². The van der Waals surface area contributed by atoms with Crippen molar-refractivity contribution < 1.29 is 0 Å². The summed E-state index contributed by atoms with van der Waals surface area (Å²) in [7, 11) is 0. The van der Waals surface area contributed by atoms with E-state index in [9.17, 15) is 0 Å². The molecule has 2 N–H and O–H groups in total. The molecule has 0 bridgehead atoms. The molecule has 4 rings (SSSR count). The third-order valence-electron chi connectivity index (χ3n) is 5.13. The molecule has 1 saturated heterocycles. The molecular weight excluding hydrogens is 344 g/mol. The van der Waals surface area contributed by atoms with Crippen molar-refractivity contribution in [3.05, 3.63) is 84.2 Å². The molecule has 4 nitrogen and oxygen atoms in total. The number of hydrogen-bond donors (Lipinski definition) is 1. The molecule has 0 aliphatic carbocycles. The first kappa shape index (κ1) is 18.6. The van der Waals surface area contributed by atoms with E-state index in [1.54, 1.807) is 0 Å². The molecule has 0 amide bonds. The fraction of sp³-hybridized carbons (Fsp3) is 0.286. The molecule has 0 saturated carbocycles. The van der Waals surface area contributed by atoms with Gasteiger partial charge in [-0.05, 0) is 41.8 Å². The molecule has 1 aliphatic rings. The van der Waals surface area contributed by atoms with E-state index in [2.05, 4.69) is 64.6 Å². The Labute approximate surface area is 161 Å². The summed E-state index contributed by atoms with van der Waals surface area (Å²) in [6.07, 6.45) is 3.79. The molecule has 1 aromatic heterocycles. The second-order valence-corrected chi connectivity index (χ2v) is 6.83. The Bertz CT molecular complexity index is 804. The fourth-order valence-electron chi connectivity index (χ4n) is 3.88. The van der Waals surface area contributed by atoms with Crippen LogP contribution in [-0.4, -0.2) is 34.3 Å². The minimum Gasteiger partial charge on any atom is -0.330 e. The molecule has 3 aromatic rings. The lowest BCUT2D eigenvalue weighted by Crippen LogP contribution is -2.23. The summed E-state index contributed by atoms with van der Waals surface area (Å²) in [4.78, 5) is 2.53. The van der Waals surface area contributed by atoms with Gasteiger partial charge in [-0.15, -0.1) is 12.4 Å². The topological polar surface area (TPSA) is 47.1 Å². The van der Waals surface area contributed by atoms with Crippen molar-refractivity contribution in [1.29, 1.82) is 0 Å². The largest absolute Gasteiger partial charge is 0.330 e. The van der Waals surface area contributed by atoms with Crippen molar-refractivity contribution in [1.82, 2.24) is 14.7 Å². The zero-order chi connectivity index (χ0) is 17.1. The van der Waals surface area contributed by atoms with Gasteiger partial charge in [-0.1, -0.05) is 42.5 Å². The normalized spacial score (nSPS) is 20.0. The van der Waals surface area contributed by atoms with Gasteiger partial charge in [0.05, 0.1) is 5.69 Å². The van der Waals surface area contributed by atoms with Gasteiger partial charge >= 0.3 is 0 Å². The van der Waals surface area contributed by atoms with E-state index >= 15 is 0 Å². The molecule has 1 aliphatic heterocycles. The first-order valence-electron chi connectivity index (χ1n) is 8.90. The van der Waals surface area contributed by atoms with Crippen LogP contribution in [0.15, 0.2) is 73.1 Å². The van der Waals surface area contributed by atoms with Gasteiger partial charge in [0.1, 0.15) is 0 Å². The minimum absolute atomic E-state index is 0. The molecule has 5 heteroatoms. The summed E-state index contributed by atoms with van der Waals surface area (Å²) < 4.78 is 1.91. The lowest BCUT2D eigenvalue weighted by atomic mass is 9.89. The molecule has 26 heavy (non-hydrogen) atoms. The number of aromatic nitrogens is 2. The third kappa shape index (κ3) is 3.98. The predicted octanol–water partition coefficient (Wildman–Crippen LogP) is 3.47. The van der Waals surface area contributed by atoms with Crippen LogP contribution in [0.4, 0.5) is 0 Å². The summed E-state index contributed by atoms with van der Waals surface area (Å²) in [5, 5.41) is 4.32. The van der Waals surface area contributed by atoms with E-state index in [-0.39, 0.29) is 12.4 Å². The highest BCUT2D eigenvalue weighted by molar-refractivity contribution is 5.85. The number of halogens is 1. The second kappa shape index (κ2) is 8.49. The van der Waals surface area contributed by atoms with Gasteiger partial charge in [0.25, 0.3) is 0 Å². The van der Waals surface area contributed by atoms with Crippen molar-refractivity contribution in [3.8, 4) is 5.69 Å². The number of nitrogens with two attached hydrogens (primary N) is 1. The average molecular weight is 369 g/mol. The number of benzene rings is 2. The molecule has 136 valence electrons. The van der Waals surface area contributed by atoms with Crippen molar-refractivity contribution in [3.63, 3.8) is 0 Å². The Balaban J connectivity index is 0.00000196. The van der Waals surface area contributed by atoms with Crippen LogP contribution in [0, 0.1) is 5.92 Å². The smallest absolute Gasteiger partial charge is 0.0648 e. The summed E-state index contributed by atoms with van der Waals surface area (Å²) in [6, 6.07) is 21.4. The highest BCUT2D eigenvalue weighted by Crippen LogP contribution is 2.32. The molecule has 0 spiro atoms. The highest BCUT2D eigenvalue weighted by atomic mass is 35.5. The Morgan fingerprint density at radius 1 is 1.00 bits per heavy atom. The maximum Gasteiger partial charge on any atom is 0.0648 e. The zero-order valence-corrected chi connectivity index (χ0v) is 15.6. The highest BCUT2D eigenvalue weighted by Gasteiger charge is 2.32. The van der Waals surface area contributed by atoms with Crippen LogP contribution in [0.3, 0.4) is 0 Å². The number of hydrogen-bond acceptors (Lipinski definition) is 3. The summed E-state index contributed by atoms with van der Waals surface area (Å²) >= 11 is 0. The molecule has 2 aromatic carbocycles. The lowest BCUT2D eigenvalue weighted by Gasteiger charge is -2.17. The molecule has 2 atom stereocenters. The van der Waals surface area contributed by atoms with Crippen LogP contribution >= 0.6 is 12.4 Å². The summed E-state index contributed by atoms with van der Waals surface area (Å²) in [6.45, 7) is 3.82. The van der Waals surface area contributed by atoms with Crippen LogP contribution in [-0.2, 0) is 6.54 Å². The number of rotatable bonds is 5. The minimum atomic E-state index is 0. The second-order valence-electron chi connectivity index (χ2n) is 6.83. The van der Waals surface area contributed by atoms with Crippen LogP contribution in [0.2, 0.25) is 0 Å². The third-order valence-corrected chi connectivity index (χ3v) is 5.13.